The number of halogens is 1. The molecule has 0 heterocycles. The van der Waals surface area contributed by atoms with Crippen LogP contribution in [0, 0.1) is 11.2 Å². The second kappa shape index (κ2) is 9.04. The molecular formula is C18H31FN2. The summed E-state index contributed by atoms with van der Waals surface area (Å²) in [7, 11) is 0. The molecule has 1 aromatic rings. The van der Waals surface area contributed by atoms with E-state index in [0.29, 0.717) is 0 Å². The first-order valence-corrected chi connectivity index (χ1v) is 8.32. The number of hydrogen-bond acceptors (Lipinski definition) is 2. The summed E-state index contributed by atoms with van der Waals surface area (Å²) in [4.78, 5) is 2.30. The molecule has 0 amide bonds. The second-order valence-electron chi connectivity index (χ2n) is 5.88. The van der Waals surface area contributed by atoms with Gasteiger partial charge in [-0.05, 0) is 56.3 Å². The minimum atomic E-state index is -0.159. The fourth-order valence-electron chi connectivity index (χ4n) is 2.77. The van der Waals surface area contributed by atoms with Crippen LogP contribution in [0.3, 0.4) is 0 Å². The predicted molar refractivity (Wildman–Crippen MR) is 90.5 cm³/mol. The van der Waals surface area contributed by atoms with E-state index in [4.69, 9.17) is 0 Å². The van der Waals surface area contributed by atoms with E-state index >= 15 is 0 Å². The molecule has 0 fully saturated rings. The normalized spacial score (nSPS) is 11.7. The summed E-state index contributed by atoms with van der Waals surface area (Å²) in [5.41, 5.74) is 1.23. The van der Waals surface area contributed by atoms with Gasteiger partial charge in [0.2, 0.25) is 0 Å². The summed E-state index contributed by atoms with van der Waals surface area (Å²) >= 11 is 0. The number of benzene rings is 1. The highest BCUT2D eigenvalue weighted by Crippen LogP contribution is 2.29. The molecule has 0 atom stereocenters. The highest BCUT2D eigenvalue weighted by atomic mass is 19.1. The Morgan fingerprint density at radius 1 is 1.14 bits per heavy atom. The third kappa shape index (κ3) is 5.31. The van der Waals surface area contributed by atoms with E-state index in [-0.39, 0.29) is 11.2 Å². The van der Waals surface area contributed by atoms with Gasteiger partial charge in [0.25, 0.3) is 0 Å². The molecule has 3 heteroatoms. The molecule has 2 nitrogen and oxygen atoms in total. The second-order valence-corrected chi connectivity index (χ2v) is 5.88. The molecular weight excluding hydrogens is 263 g/mol. The Hall–Kier alpha value is -1.09. The van der Waals surface area contributed by atoms with Crippen molar-refractivity contribution in [2.75, 3.05) is 31.1 Å². The molecule has 1 aromatic carbocycles. The van der Waals surface area contributed by atoms with Gasteiger partial charge in [0, 0.05) is 25.3 Å². The van der Waals surface area contributed by atoms with Crippen molar-refractivity contribution < 1.29 is 4.39 Å². The summed E-state index contributed by atoms with van der Waals surface area (Å²) < 4.78 is 13.5. The van der Waals surface area contributed by atoms with Crippen molar-refractivity contribution in [3.05, 3.63) is 30.1 Å². The summed E-state index contributed by atoms with van der Waals surface area (Å²) in [6, 6.07) is 6.94. The Morgan fingerprint density at radius 3 is 2.38 bits per heavy atom. The lowest BCUT2D eigenvalue weighted by molar-refractivity contribution is 0.253. The SMILES string of the molecule is CCCNCC(CC)(CC)CN(CC)c1cccc(F)c1. The number of hydrogen-bond donors (Lipinski definition) is 1. The van der Waals surface area contributed by atoms with Crippen molar-refractivity contribution in [1.29, 1.82) is 0 Å². The van der Waals surface area contributed by atoms with Crippen LogP contribution in [0.15, 0.2) is 24.3 Å². The summed E-state index contributed by atoms with van der Waals surface area (Å²) in [5, 5.41) is 3.57. The number of anilines is 1. The molecule has 0 spiro atoms. The average molecular weight is 294 g/mol. The average Bonchev–Trinajstić information content (AvgIpc) is 2.51. The topological polar surface area (TPSA) is 15.3 Å². The van der Waals surface area contributed by atoms with Crippen LogP contribution in [0.25, 0.3) is 0 Å². The lowest BCUT2D eigenvalue weighted by atomic mass is 9.81. The van der Waals surface area contributed by atoms with Crippen molar-refractivity contribution >= 4 is 5.69 Å². The minimum Gasteiger partial charge on any atom is -0.371 e. The van der Waals surface area contributed by atoms with Gasteiger partial charge in [-0.25, -0.2) is 4.39 Å². The van der Waals surface area contributed by atoms with E-state index < -0.39 is 0 Å². The van der Waals surface area contributed by atoms with Crippen LogP contribution >= 0.6 is 0 Å². The molecule has 0 aromatic heterocycles. The lowest BCUT2D eigenvalue weighted by Crippen LogP contribution is -2.44. The third-order valence-corrected chi connectivity index (χ3v) is 4.51. The standard InChI is InChI=1S/C18H31FN2/c1-5-12-20-14-18(6-2,7-3)15-21(8-4)17-11-9-10-16(19)13-17/h9-11,13,20H,5-8,12,14-15H2,1-4H3. The molecule has 0 unspecified atom stereocenters. The number of nitrogens with one attached hydrogen (secondary N) is 1. The molecule has 0 radical (unpaired) electrons. The largest absolute Gasteiger partial charge is 0.371 e. The van der Waals surface area contributed by atoms with E-state index in [1.165, 1.54) is 6.07 Å². The van der Waals surface area contributed by atoms with E-state index in [2.05, 4.69) is 37.9 Å². The van der Waals surface area contributed by atoms with Crippen LogP contribution in [0.2, 0.25) is 0 Å². The Bertz CT molecular complexity index is 402. The summed E-state index contributed by atoms with van der Waals surface area (Å²) in [6.07, 6.45) is 3.42. The molecule has 0 aliphatic heterocycles. The maximum Gasteiger partial charge on any atom is 0.125 e. The van der Waals surface area contributed by atoms with Gasteiger partial charge in [0.15, 0.2) is 0 Å². The van der Waals surface area contributed by atoms with Gasteiger partial charge in [-0.2, -0.15) is 0 Å². The van der Waals surface area contributed by atoms with Crippen molar-refractivity contribution in [3.63, 3.8) is 0 Å². The fourth-order valence-corrected chi connectivity index (χ4v) is 2.77. The highest BCUT2D eigenvalue weighted by molar-refractivity contribution is 5.46. The van der Waals surface area contributed by atoms with Crippen LogP contribution in [-0.4, -0.2) is 26.2 Å². The first-order chi connectivity index (χ1) is 10.1. The van der Waals surface area contributed by atoms with Crippen molar-refractivity contribution in [2.24, 2.45) is 5.41 Å². The first-order valence-electron chi connectivity index (χ1n) is 8.32. The summed E-state index contributed by atoms with van der Waals surface area (Å²) in [5.74, 6) is -0.159. The Morgan fingerprint density at radius 2 is 1.86 bits per heavy atom. The molecule has 0 aliphatic carbocycles. The van der Waals surface area contributed by atoms with Gasteiger partial charge in [0.1, 0.15) is 5.82 Å². The van der Waals surface area contributed by atoms with Gasteiger partial charge in [-0.1, -0.05) is 26.8 Å². The predicted octanol–water partition coefficient (Wildman–Crippen LogP) is 4.46. The number of rotatable bonds is 10. The third-order valence-electron chi connectivity index (χ3n) is 4.51. The molecule has 0 saturated heterocycles. The number of nitrogens with zero attached hydrogens (tertiary/aromatic N) is 1. The van der Waals surface area contributed by atoms with Crippen LogP contribution in [-0.2, 0) is 0 Å². The van der Waals surface area contributed by atoms with Crippen LogP contribution < -0.4 is 10.2 Å². The zero-order valence-corrected chi connectivity index (χ0v) is 14.1. The molecule has 0 bridgehead atoms. The summed E-state index contributed by atoms with van der Waals surface area (Å²) in [6.45, 7) is 12.8. The molecule has 21 heavy (non-hydrogen) atoms. The minimum absolute atomic E-state index is 0.159. The van der Waals surface area contributed by atoms with Crippen molar-refractivity contribution in [3.8, 4) is 0 Å². The van der Waals surface area contributed by atoms with Crippen LogP contribution in [0.5, 0.6) is 0 Å². The molecule has 0 saturated carbocycles. The van der Waals surface area contributed by atoms with Crippen LogP contribution in [0.1, 0.15) is 47.0 Å². The van der Waals surface area contributed by atoms with Crippen molar-refractivity contribution in [2.45, 2.75) is 47.0 Å². The van der Waals surface area contributed by atoms with Gasteiger partial charge in [-0.3, -0.25) is 0 Å². The monoisotopic (exact) mass is 294 g/mol. The van der Waals surface area contributed by atoms with Gasteiger partial charge >= 0.3 is 0 Å². The van der Waals surface area contributed by atoms with E-state index in [1.807, 2.05) is 6.07 Å². The molecule has 1 N–H and O–H groups in total. The van der Waals surface area contributed by atoms with Gasteiger partial charge in [-0.15, -0.1) is 0 Å². The molecule has 1 rings (SSSR count). The maximum absolute atomic E-state index is 13.5. The van der Waals surface area contributed by atoms with Gasteiger partial charge in [0.05, 0.1) is 0 Å². The molecule has 120 valence electrons. The quantitative estimate of drug-likeness (QED) is 0.641. The van der Waals surface area contributed by atoms with Crippen LogP contribution in [0.4, 0.5) is 10.1 Å². The Balaban J connectivity index is 2.83. The van der Waals surface area contributed by atoms with E-state index in [9.17, 15) is 4.39 Å². The molecule has 0 aliphatic rings. The smallest absolute Gasteiger partial charge is 0.125 e. The first kappa shape index (κ1) is 18.0. The highest BCUT2D eigenvalue weighted by Gasteiger charge is 2.28. The van der Waals surface area contributed by atoms with Crippen molar-refractivity contribution in [1.82, 2.24) is 5.32 Å². The Labute approximate surface area is 129 Å². The van der Waals surface area contributed by atoms with E-state index in [1.54, 1.807) is 12.1 Å². The van der Waals surface area contributed by atoms with Gasteiger partial charge < -0.3 is 10.2 Å². The zero-order valence-electron chi connectivity index (χ0n) is 14.1. The lowest BCUT2D eigenvalue weighted by Gasteiger charge is -2.38. The van der Waals surface area contributed by atoms with E-state index in [0.717, 1.165) is 51.1 Å². The zero-order chi connectivity index (χ0) is 15.7. The Kier molecular flexibility index (Phi) is 7.73. The fraction of sp³-hybridized carbons (Fsp3) is 0.667. The maximum atomic E-state index is 13.5.